The molecule has 6 heteroatoms. The van der Waals surface area contributed by atoms with Crippen LogP contribution in [0.5, 0.6) is 5.75 Å². The number of methoxy groups -OCH3 is 1. The molecule has 1 aliphatic heterocycles. The lowest BCUT2D eigenvalue weighted by Gasteiger charge is -2.32. The summed E-state index contributed by atoms with van der Waals surface area (Å²) in [4.78, 5) is 15.8. The normalized spacial score (nSPS) is 18.0. The third-order valence-corrected chi connectivity index (χ3v) is 4.90. The summed E-state index contributed by atoms with van der Waals surface area (Å²) in [7, 11) is 1.70. The van der Waals surface area contributed by atoms with Gasteiger partial charge in [0.2, 0.25) is 0 Å². The fourth-order valence-corrected chi connectivity index (χ4v) is 3.52. The predicted molar refractivity (Wildman–Crippen MR) is 99.4 cm³/mol. The number of benzene rings is 1. The van der Waals surface area contributed by atoms with E-state index >= 15 is 0 Å². The van der Waals surface area contributed by atoms with Gasteiger partial charge in [-0.2, -0.15) is 0 Å². The van der Waals surface area contributed by atoms with Crippen LogP contribution in [0.2, 0.25) is 0 Å². The van der Waals surface area contributed by atoms with Crippen molar-refractivity contribution in [2.45, 2.75) is 25.3 Å². The van der Waals surface area contributed by atoms with Gasteiger partial charge in [-0.25, -0.2) is 9.97 Å². The number of hydrogen-bond donors (Lipinski definition) is 0. The summed E-state index contributed by atoms with van der Waals surface area (Å²) in [5, 5.41) is 0. The Bertz CT molecular complexity index is 832. The highest BCUT2D eigenvalue weighted by atomic mass is 16.5. The number of nitrogens with zero attached hydrogens (tertiary/aromatic N) is 5. The summed E-state index contributed by atoms with van der Waals surface area (Å²) in [6.45, 7) is 3.08. The van der Waals surface area contributed by atoms with E-state index in [-0.39, 0.29) is 0 Å². The van der Waals surface area contributed by atoms with Crippen molar-refractivity contribution in [2.24, 2.45) is 0 Å². The minimum absolute atomic E-state index is 0.415. The number of aromatic nitrogens is 4. The molecule has 3 aromatic rings. The molecule has 1 atom stereocenters. The molecule has 1 fully saturated rings. The van der Waals surface area contributed by atoms with Crippen LogP contribution in [0.1, 0.15) is 30.0 Å². The summed E-state index contributed by atoms with van der Waals surface area (Å²) >= 11 is 0. The second kappa shape index (κ2) is 7.66. The zero-order valence-electron chi connectivity index (χ0n) is 15.0. The van der Waals surface area contributed by atoms with Crippen LogP contribution in [0.4, 0.5) is 0 Å². The van der Waals surface area contributed by atoms with E-state index < -0.39 is 0 Å². The van der Waals surface area contributed by atoms with Gasteiger partial charge in [-0.1, -0.05) is 12.1 Å². The van der Waals surface area contributed by atoms with Crippen LogP contribution in [0.25, 0.3) is 5.82 Å². The first-order chi connectivity index (χ1) is 12.8. The van der Waals surface area contributed by atoms with Crippen molar-refractivity contribution in [3.05, 3.63) is 66.6 Å². The Balaban J connectivity index is 1.45. The van der Waals surface area contributed by atoms with Gasteiger partial charge in [0.05, 0.1) is 19.0 Å². The fourth-order valence-electron chi connectivity index (χ4n) is 3.52. The molecule has 0 aliphatic carbocycles. The van der Waals surface area contributed by atoms with Crippen molar-refractivity contribution in [2.75, 3.05) is 20.2 Å². The standard InChI is InChI=1S/C20H23N5O/c1-26-18-6-4-16(5-7-18)13-24-9-2-3-17(14-24)19-11-22-12-20(23-19)25-10-8-21-15-25/h4-8,10-12,15,17H,2-3,9,13-14H2,1H3. The van der Waals surface area contributed by atoms with E-state index in [0.29, 0.717) is 5.92 Å². The van der Waals surface area contributed by atoms with Crippen molar-refractivity contribution in [1.82, 2.24) is 24.4 Å². The van der Waals surface area contributed by atoms with Crippen LogP contribution in [0.3, 0.4) is 0 Å². The van der Waals surface area contributed by atoms with Crippen LogP contribution in [0.15, 0.2) is 55.4 Å². The summed E-state index contributed by atoms with van der Waals surface area (Å²) in [5.74, 6) is 2.14. The van der Waals surface area contributed by atoms with Gasteiger partial charge < -0.3 is 4.74 Å². The van der Waals surface area contributed by atoms with Gasteiger partial charge in [0.25, 0.3) is 0 Å². The Kier molecular flexibility index (Phi) is 4.93. The number of imidazole rings is 1. The van der Waals surface area contributed by atoms with Gasteiger partial charge in [0, 0.05) is 37.6 Å². The maximum absolute atomic E-state index is 5.24. The topological polar surface area (TPSA) is 56.1 Å². The van der Waals surface area contributed by atoms with Gasteiger partial charge >= 0.3 is 0 Å². The molecule has 0 bridgehead atoms. The molecule has 0 amide bonds. The highest BCUT2D eigenvalue weighted by Crippen LogP contribution is 2.27. The molecule has 134 valence electrons. The zero-order valence-corrected chi connectivity index (χ0v) is 15.0. The Morgan fingerprint density at radius 2 is 2.04 bits per heavy atom. The second-order valence-corrected chi connectivity index (χ2v) is 6.69. The molecule has 0 radical (unpaired) electrons. The molecular formula is C20H23N5O. The molecule has 26 heavy (non-hydrogen) atoms. The molecule has 1 aliphatic rings. The van der Waals surface area contributed by atoms with Crippen LogP contribution in [-0.4, -0.2) is 44.6 Å². The van der Waals surface area contributed by atoms with Gasteiger partial charge in [-0.05, 0) is 37.1 Å². The number of ether oxygens (including phenoxy) is 1. The maximum atomic E-state index is 5.24. The predicted octanol–water partition coefficient (Wildman–Crippen LogP) is 3.05. The summed E-state index contributed by atoms with van der Waals surface area (Å²) < 4.78 is 7.14. The molecule has 2 aromatic heterocycles. The van der Waals surface area contributed by atoms with Gasteiger partial charge in [0.15, 0.2) is 5.82 Å². The highest BCUT2D eigenvalue weighted by Gasteiger charge is 2.23. The molecular weight excluding hydrogens is 326 g/mol. The van der Waals surface area contributed by atoms with Gasteiger partial charge in [-0.3, -0.25) is 14.5 Å². The van der Waals surface area contributed by atoms with E-state index in [4.69, 9.17) is 9.72 Å². The molecule has 0 saturated carbocycles. The first kappa shape index (κ1) is 16.7. The largest absolute Gasteiger partial charge is 0.497 e. The Hall–Kier alpha value is -2.73. The van der Waals surface area contributed by atoms with Crippen molar-refractivity contribution < 1.29 is 4.74 Å². The molecule has 1 aromatic carbocycles. The number of piperidine rings is 1. The molecule has 0 N–H and O–H groups in total. The summed E-state index contributed by atoms with van der Waals surface area (Å²) in [6.07, 6.45) is 11.4. The van der Waals surface area contributed by atoms with E-state index in [0.717, 1.165) is 43.3 Å². The smallest absolute Gasteiger partial charge is 0.156 e. The molecule has 4 rings (SSSR count). The summed E-state index contributed by atoms with van der Waals surface area (Å²) in [5.41, 5.74) is 2.38. The van der Waals surface area contributed by atoms with E-state index in [2.05, 4.69) is 27.0 Å². The van der Waals surface area contributed by atoms with Crippen molar-refractivity contribution in [3.8, 4) is 11.6 Å². The molecule has 1 unspecified atom stereocenters. The SMILES string of the molecule is COc1ccc(CN2CCCC(c3cncc(-n4ccnc4)n3)C2)cc1. The average molecular weight is 349 g/mol. The number of likely N-dealkylation sites (tertiary alicyclic amines) is 1. The molecule has 6 nitrogen and oxygen atoms in total. The quantitative estimate of drug-likeness (QED) is 0.709. The van der Waals surface area contributed by atoms with Crippen molar-refractivity contribution in [1.29, 1.82) is 0 Å². The fraction of sp³-hybridized carbons (Fsp3) is 0.350. The first-order valence-corrected chi connectivity index (χ1v) is 8.97. The van der Waals surface area contributed by atoms with Gasteiger partial charge in [-0.15, -0.1) is 0 Å². The lowest BCUT2D eigenvalue weighted by molar-refractivity contribution is 0.198. The van der Waals surface area contributed by atoms with E-state index in [1.54, 1.807) is 25.8 Å². The van der Waals surface area contributed by atoms with Gasteiger partial charge in [0.1, 0.15) is 12.1 Å². The van der Waals surface area contributed by atoms with Crippen molar-refractivity contribution >= 4 is 0 Å². The minimum Gasteiger partial charge on any atom is -0.497 e. The monoisotopic (exact) mass is 349 g/mol. The first-order valence-electron chi connectivity index (χ1n) is 8.97. The molecule has 1 saturated heterocycles. The Morgan fingerprint density at radius 1 is 1.15 bits per heavy atom. The van der Waals surface area contributed by atoms with Crippen molar-refractivity contribution in [3.63, 3.8) is 0 Å². The Morgan fingerprint density at radius 3 is 2.81 bits per heavy atom. The highest BCUT2D eigenvalue weighted by molar-refractivity contribution is 5.27. The van der Waals surface area contributed by atoms with Crippen LogP contribution in [-0.2, 0) is 6.54 Å². The second-order valence-electron chi connectivity index (χ2n) is 6.69. The lowest BCUT2D eigenvalue weighted by atomic mass is 9.94. The zero-order chi connectivity index (χ0) is 17.8. The molecule has 0 spiro atoms. The third-order valence-electron chi connectivity index (χ3n) is 4.90. The van der Waals surface area contributed by atoms with E-state index in [9.17, 15) is 0 Å². The lowest BCUT2D eigenvalue weighted by Crippen LogP contribution is -2.34. The number of hydrogen-bond acceptors (Lipinski definition) is 5. The van der Waals surface area contributed by atoms with Crippen LogP contribution < -0.4 is 4.74 Å². The summed E-state index contributed by atoms with van der Waals surface area (Å²) in [6, 6.07) is 8.33. The van der Waals surface area contributed by atoms with Crippen LogP contribution >= 0.6 is 0 Å². The average Bonchev–Trinajstić information content (AvgIpc) is 3.24. The van der Waals surface area contributed by atoms with E-state index in [1.807, 2.05) is 29.1 Å². The minimum atomic E-state index is 0.415. The third kappa shape index (κ3) is 3.75. The van der Waals surface area contributed by atoms with Crippen LogP contribution in [0, 0.1) is 0 Å². The Labute approximate surface area is 153 Å². The molecule has 3 heterocycles. The maximum Gasteiger partial charge on any atom is 0.156 e. The number of rotatable bonds is 5. The van der Waals surface area contributed by atoms with E-state index in [1.165, 1.54) is 12.0 Å².